The van der Waals surface area contributed by atoms with E-state index in [1.165, 1.54) is 0 Å². The number of nitrogens with zero attached hydrogens (tertiary/aromatic N) is 2. The van der Waals surface area contributed by atoms with Crippen LogP contribution in [0.4, 0.5) is 18.9 Å². The number of nitrogens with one attached hydrogen (secondary N) is 1. The first-order chi connectivity index (χ1) is 9.40. The highest BCUT2D eigenvalue weighted by molar-refractivity contribution is 9.10. The van der Waals surface area contributed by atoms with Gasteiger partial charge < -0.3 is 5.32 Å². The van der Waals surface area contributed by atoms with Crippen LogP contribution in [0.5, 0.6) is 0 Å². The second-order valence-electron chi connectivity index (χ2n) is 4.22. The number of benzene rings is 1. The van der Waals surface area contributed by atoms with Crippen molar-refractivity contribution in [2.75, 3.05) is 5.32 Å². The molecule has 3 nitrogen and oxygen atoms in total. The van der Waals surface area contributed by atoms with Crippen molar-refractivity contribution in [2.24, 2.45) is 0 Å². The number of alkyl halides is 3. The smallest absolute Gasteiger partial charge is 0.379 e. The van der Waals surface area contributed by atoms with E-state index in [4.69, 9.17) is 0 Å². The summed E-state index contributed by atoms with van der Waals surface area (Å²) >= 11 is 3.09. The molecule has 1 heterocycles. The maximum atomic E-state index is 12.7. The fraction of sp³-hybridized carbons (Fsp3) is 0.308. The van der Waals surface area contributed by atoms with Gasteiger partial charge in [-0.05, 0) is 31.2 Å². The molecule has 0 bridgehead atoms. The average molecular weight is 348 g/mol. The maximum absolute atomic E-state index is 12.7. The van der Waals surface area contributed by atoms with Crippen molar-refractivity contribution >= 4 is 21.6 Å². The van der Waals surface area contributed by atoms with Crippen molar-refractivity contribution in [3.05, 3.63) is 46.2 Å². The highest BCUT2D eigenvalue weighted by Crippen LogP contribution is 2.33. The first-order valence-corrected chi connectivity index (χ1v) is 6.82. The fourth-order valence-electron chi connectivity index (χ4n) is 1.84. The van der Waals surface area contributed by atoms with Crippen LogP contribution in [0.15, 0.2) is 34.9 Å². The SMILES string of the molecule is CCn1nccc1CNc1cc(Br)cc(C(F)(F)F)c1. The standard InChI is InChI=1S/C13H13BrF3N3/c1-2-20-12(3-4-19-20)8-18-11-6-9(13(15,16)17)5-10(14)7-11/h3-7,18H,2,8H2,1H3. The highest BCUT2D eigenvalue weighted by Gasteiger charge is 2.31. The van der Waals surface area contributed by atoms with Crippen molar-refractivity contribution in [3.8, 4) is 0 Å². The van der Waals surface area contributed by atoms with Gasteiger partial charge in [-0.1, -0.05) is 15.9 Å². The summed E-state index contributed by atoms with van der Waals surface area (Å²) in [6.07, 6.45) is -2.69. The Morgan fingerprint density at radius 1 is 1.30 bits per heavy atom. The molecule has 0 unspecified atom stereocenters. The molecule has 1 aromatic heterocycles. The van der Waals surface area contributed by atoms with E-state index in [0.29, 0.717) is 16.7 Å². The summed E-state index contributed by atoms with van der Waals surface area (Å²) in [5.41, 5.74) is 0.648. The molecule has 0 aliphatic rings. The minimum Gasteiger partial charge on any atom is -0.379 e. The van der Waals surface area contributed by atoms with Gasteiger partial charge in [0.1, 0.15) is 0 Å². The third-order valence-corrected chi connectivity index (χ3v) is 3.26. The number of hydrogen-bond donors (Lipinski definition) is 1. The Labute approximate surface area is 122 Å². The predicted molar refractivity (Wildman–Crippen MR) is 74.4 cm³/mol. The van der Waals surface area contributed by atoms with Crippen LogP contribution in [0.2, 0.25) is 0 Å². The van der Waals surface area contributed by atoms with E-state index >= 15 is 0 Å². The van der Waals surface area contributed by atoms with E-state index in [2.05, 4.69) is 26.3 Å². The Morgan fingerprint density at radius 3 is 2.70 bits per heavy atom. The molecule has 20 heavy (non-hydrogen) atoms. The summed E-state index contributed by atoms with van der Waals surface area (Å²) in [5.74, 6) is 0. The molecule has 0 radical (unpaired) electrons. The molecule has 0 spiro atoms. The second kappa shape index (κ2) is 5.87. The third kappa shape index (κ3) is 3.53. The molecule has 2 aromatic rings. The van der Waals surface area contributed by atoms with Gasteiger partial charge in [0.2, 0.25) is 0 Å². The van der Waals surface area contributed by atoms with Crippen LogP contribution in [0.3, 0.4) is 0 Å². The molecule has 2 rings (SSSR count). The molecule has 0 fully saturated rings. The number of aryl methyl sites for hydroxylation is 1. The van der Waals surface area contributed by atoms with Gasteiger partial charge in [0.25, 0.3) is 0 Å². The van der Waals surface area contributed by atoms with E-state index in [9.17, 15) is 13.2 Å². The lowest BCUT2D eigenvalue weighted by Crippen LogP contribution is -2.09. The lowest BCUT2D eigenvalue weighted by Gasteiger charge is -2.12. The molecule has 0 aliphatic carbocycles. The zero-order chi connectivity index (χ0) is 14.8. The summed E-state index contributed by atoms with van der Waals surface area (Å²) in [4.78, 5) is 0. The minimum atomic E-state index is -4.36. The summed E-state index contributed by atoms with van der Waals surface area (Å²) < 4.78 is 40.3. The van der Waals surface area contributed by atoms with E-state index in [1.807, 2.05) is 13.0 Å². The number of halogens is 4. The maximum Gasteiger partial charge on any atom is 0.416 e. The van der Waals surface area contributed by atoms with Crippen LogP contribution in [0.1, 0.15) is 18.2 Å². The largest absolute Gasteiger partial charge is 0.416 e. The number of rotatable bonds is 4. The van der Waals surface area contributed by atoms with E-state index in [0.717, 1.165) is 24.4 Å². The summed E-state index contributed by atoms with van der Waals surface area (Å²) in [6, 6.07) is 5.60. The van der Waals surface area contributed by atoms with Crippen LogP contribution in [-0.2, 0) is 19.3 Å². The van der Waals surface area contributed by atoms with Crippen LogP contribution < -0.4 is 5.32 Å². The van der Waals surface area contributed by atoms with Crippen LogP contribution in [-0.4, -0.2) is 9.78 Å². The molecule has 0 saturated heterocycles. The lowest BCUT2D eigenvalue weighted by molar-refractivity contribution is -0.137. The first kappa shape index (κ1) is 14.9. The summed E-state index contributed by atoms with van der Waals surface area (Å²) in [5, 5.41) is 7.09. The van der Waals surface area contributed by atoms with Gasteiger partial charge in [-0.15, -0.1) is 0 Å². The van der Waals surface area contributed by atoms with Gasteiger partial charge in [0.05, 0.1) is 17.8 Å². The topological polar surface area (TPSA) is 29.9 Å². The third-order valence-electron chi connectivity index (χ3n) is 2.80. The number of anilines is 1. The molecule has 0 atom stereocenters. The second-order valence-corrected chi connectivity index (χ2v) is 5.13. The van der Waals surface area contributed by atoms with E-state index in [1.54, 1.807) is 16.9 Å². The van der Waals surface area contributed by atoms with Crippen LogP contribution >= 0.6 is 15.9 Å². The van der Waals surface area contributed by atoms with Crippen molar-refractivity contribution in [3.63, 3.8) is 0 Å². The van der Waals surface area contributed by atoms with Crippen molar-refractivity contribution < 1.29 is 13.2 Å². The van der Waals surface area contributed by atoms with Gasteiger partial charge >= 0.3 is 6.18 Å². The van der Waals surface area contributed by atoms with Gasteiger partial charge in [-0.25, -0.2) is 0 Å². The Morgan fingerprint density at radius 2 is 2.05 bits per heavy atom. The number of hydrogen-bond acceptors (Lipinski definition) is 2. The fourth-order valence-corrected chi connectivity index (χ4v) is 2.34. The zero-order valence-corrected chi connectivity index (χ0v) is 12.3. The molecular formula is C13H13BrF3N3. The molecule has 1 N–H and O–H groups in total. The average Bonchev–Trinajstić information content (AvgIpc) is 2.82. The first-order valence-electron chi connectivity index (χ1n) is 6.02. The molecule has 0 saturated carbocycles. The van der Waals surface area contributed by atoms with Gasteiger partial charge in [0.15, 0.2) is 0 Å². The Balaban J connectivity index is 2.16. The Kier molecular flexibility index (Phi) is 4.37. The summed E-state index contributed by atoms with van der Waals surface area (Å²) in [7, 11) is 0. The van der Waals surface area contributed by atoms with Crippen LogP contribution in [0.25, 0.3) is 0 Å². The monoisotopic (exact) mass is 347 g/mol. The van der Waals surface area contributed by atoms with Crippen molar-refractivity contribution in [1.82, 2.24) is 9.78 Å². The van der Waals surface area contributed by atoms with Crippen molar-refractivity contribution in [2.45, 2.75) is 26.2 Å². The van der Waals surface area contributed by atoms with Gasteiger partial charge in [-0.3, -0.25) is 4.68 Å². The molecular weight excluding hydrogens is 335 g/mol. The molecule has 1 aromatic carbocycles. The molecule has 108 valence electrons. The van der Waals surface area contributed by atoms with Crippen LogP contribution in [0, 0.1) is 0 Å². The lowest BCUT2D eigenvalue weighted by atomic mass is 10.2. The van der Waals surface area contributed by atoms with E-state index in [-0.39, 0.29) is 0 Å². The van der Waals surface area contributed by atoms with Gasteiger partial charge in [-0.2, -0.15) is 18.3 Å². The Bertz CT molecular complexity index is 593. The molecule has 0 aliphatic heterocycles. The quantitative estimate of drug-likeness (QED) is 0.893. The normalized spacial score (nSPS) is 11.7. The van der Waals surface area contributed by atoms with E-state index < -0.39 is 11.7 Å². The minimum absolute atomic E-state index is 0.388. The highest BCUT2D eigenvalue weighted by atomic mass is 79.9. The summed E-state index contributed by atoms with van der Waals surface area (Å²) in [6.45, 7) is 3.09. The predicted octanol–water partition coefficient (Wildman–Crippen LogP) is 4.30. The van der Waals surface area contributed by atoms with Crippen molar-refractivity contribution in [1.29, 1.82) is 0 Å². The van der Waals surface area contributed by atoms with Gasteiger partial charge in [0, 0.05) is 22.9 Å². The zero-order valence-electron chi connectivity index (χ0n) is 10.7. The Hall–Kier alpha value is -1.50. The number of aromatic nitrogens is 2. The molecule has 0 amide bonds. The molecule has 7 heteroatoms.